The molecule has 2 aromatic carbocycles. The third-order valence-corrected chi connectivity index (χ3v) is 4.56. The Kier molecular flexibility index (Phi) is 5.33. The van der Waals surface area contributed by atoms with Gasteiger partial charge in [0, 0.05) is 29.2 Å². The molecule has 3 rings (SSSR count). The first kappa shape index (κ1) is 16.1. The number of nitrogens with one attached hydrogen (secondary N) is 2. The van der Waals surface area contributed by atoms with Crippen LogP contribution >= 0.6 is 11.8 Å². The number of thioether (sulfide) groups is 1. The van der Waals surface area contributed by atoms with Crippen LogP contribution in [0.2, 0.25) is 0 Å². The summed E-state index contributed by atoms with van der Waals surface area (Å²) in [5.41, 5.74) is 2.57. The van der Waals surface area contributed by atoms with Gasteiger partial charge in [0.25, 0.3) is 5.91 Å². The quantitative estimate of drug-likeness (QED) is 0.846. The van der Waals surface area contributed by atoms with Crippen molar-refractivity contribution < 1.29 is 9.53 Å². The molecule has 0 spiro atoms. The summed E-state index contributed by atoms with van der Waals surface area (Å²) in [6.07, 6.45) is 2.11. The monoisotopic (exact) mass is 328 g/mol. The van der Waals surface area contributed by atoms with E-state index in [9.17, 15) is 4.79 Å². The van der Waals surface area contributed by atoms with Crippen LogP contribution < -0.4 is 10.6 Å². The van der Waals surface area contributed by atoms with Crippen molar-refractivity contribution in [3.8, 4) is 0 Å². The van der Waals surface area contributed by atoms with Crippen LogP contribution in [0.25, 0.3) is 0 Å². The molecule has 1 aliphatic heterocycles. The lowest BCUT2D eigenvalue weighted by atomic mass is 10.1. The molecular weight excluding hydrogens is 308 g/mol. The molecule has 23 heavy (non-hydrogen) atoms. The highest BCUT2D eigenvalue weighted by Crippen LogP contribution is 2.21. The maximum atomic E-state index is 12.2. The van der Waals surface area contributed by atoms with Crippen LogP contribution in [0.3, 0.4) is 0 Å². The summed E-state index contributed by atoms with van der Waals surface area (Å²) in [5.74, 6) is -0.0963. The molecule has 4 nitrogen and oxygen atoms in total. The van der Waals surface area contributed by atoms with E-state index in [2.05, 4.69) is 10.6 Å². The molecule has 2 N–H and O–H groups in total. The van der Waals surface area contributed by atoms with Crippen LogP contribution in [0.5, 0.6) is 0 Å². The molecule has 0 aliphatic carbocycles. The van der Waals surface area contributed by atoms with Crippen LogP contribution in [0, 0.1) is 0 Å². The van der Waals surface area contributed by atoms with Crippen molar-refractivity contribution in [2.45, 2.75) is 11.0 Å². The van der Waals surface area contributed by atoms with Gasteiger partial charge in [0.15, 0.2) is 0 Å². The summed E-state index contributed by atoms with van der Waals surface area (Å²) in [6.45, 7) is 2.46. The summed E-state index contributed by atoms with van der Waals surface area (Å²) in [5, 5.41) is 6.24. The van der Waals surface area contributed by atoms with Crippen molar-refractivity contribution in [2.24, 2.45) is 0 Å². The minimum Gasteiger partial charge on any atom is -0.371 e. The van der Waals surface area contributed by atoms with Gasteiger partial charge in [0.1, 0.15) is 0 Å². The number of carbonyl (C=O) groups excluding carboxylic acids is 1. The van der Waals surface area contributed by atoms with Gasteiger partial charge in [-0.15, -0.1) is 11.8 Å². The number of hydrogen-bond donors (Lipinski definition) is 2. The second-order valence-electron chi connectivity index (χ2n) is 5.37. The van der Waals surface area contributed by atoms with Gasteiger partial charge in [-0.25, -0.2) is 0 Å². The molecule has 0 aromatic heterocycles. The minimum absolute atomic E-state index is 0.0904. The molecule has 1 atom stereocenters. The highest BCUT2D eigenvalue weighted by Gasteiger charge is 2.15. The lowest BCUT2D eigenvalue weighted by Crippen LogP contribution is -2.33. The maximum absolute atomic E-state index is 12.2. The molecule has 0 radical (unpaired) electrons. The smallest absolute Gasteiger partial charge is 0.255 e. The molecule has 1 aliphatic rings. The molecule has 1 amide bonds. The van der Waals surface area contributed by atoms with Crippen LogP contribution in [-0.4, -0.2) is 31.9 Å². The first-order chi connectivity index (χ1) is 11.3. The van der Waals surface area contributed by atoms with E-state index in [1.54, 1.807) is 11.8 Å². The Morgan fingerprint density at radius 1 is 1.17 bits per heavy atom. The molecule has 120 valence electrons. The molecule has 1 heterocycles. The summed E-state index contributed by atoms with van der Waals surface area (Å²) in [7, 11) is 0. The summed E-state index contributed by atoms with van der Waals surface area (Å²) in [6, 6.07) is 15.4. The highest BCUT2D eigenvalue weighted by atomic mass is 32.2. The van der Waals surface area contributed by atoms with E-state index in [0.29, 0.717) is 5.56 Å². The van der Waals surface area contributed by atoms with Crippen molar-refractivity contribution in [3.05, 3.63) is 59.7 Å². The SMILES string of the molecule is CSc1ccc(C(=O)Nc2ccc(C3CNCCO3)cc2)cc1. The van der Waals surface area contributed by atoms with Crippen LogP contribution in [0.15, 0.2) is 53.4 Å². The minimum atomic E-state index is -0.0963. The molecule has 0 bridgehead atoms. The first-order valence-corrected chi connectivity index (χ1v) is 8.86. The molecule has 1 fully saturated rings. The number of rotatable bonds is 4. The predicted octanol–water partition coefficient (Wildman–Crippen LogP) is 3.32. The Labute approximate surface area is 140 Å². The van der Waals surface area contributed by atoms with E-state index in [0.717, 1.165) is 35.8 Å². The fraction of sp³-hybridized carbons (Fsp3) is 0.278. The van der Waals surface area contributed by atoms with Crippen molar-refractivity contribution in [3.63, 3.8) is 0 Å². The number of anilines is 1. The van der Waals surface area contributed by atoms with Gasteiger partial charge in [-0.2, -0.15) is 0 Å². The van der Waals surface area contributed by atoms with Gasteiger partial charge in [0.2, 0.25) is 0 Å². The third kappa shape index (κ3) is 4.13. The number of benzene rings is 2. The number of ether oxygens (including phenoxy) is 1. The summed E-state index contributed by atoms with van der Waals surface area (Å²) < 4.78 is 5.72. The Hall–Kier alpha value is -1.82. The lowest BCUT2D eigenvalue weighted by Gasteiger charge is -2.24. The topological polar surface area (TPSA) is 50.4 Å². The molecule has 2 aromatic rings. The Balaban J connectivity index is 1.63. The zero-order chi connectivity index (χ0) is 16.1. The fourth-order valence-corrected chi connectivity index (χ4v) is 2.91. The van der Waals surface area contributed by atoms with Gasteiger partial charge in [-0.05, 0) is 48.2 Å². The Bertz CT molecular complexity index is 650. The van der Waals surface area contributed by atoms with E-state index < -0.39 is 0 Å². The van der Waals surface area contributed by atoms with E-state index in [1.165, 1.54) is 0 Å². The van der Waals surface area contributed by atoms with Gasteiger partial charge in [-0.1, -0.05) is 12.1 Å². The summed E-state index contributed by atoms with van der Waals surface area (Å²) in [4.78, 5) is 13.4. The van der Waals surface area contributed by atoms with Crippen molar-refractivity contribution >= 4 is 23.4 Å². The zero-order valence-electron chi connectivity index (χ0n) is 13.0. The number of hydrogen-bond acceptors (Lipinski definition) is 4. The predicted molar refractivity (Wildman–Crippen MR) is 94.2 cm³/mol. The standard InChI is InChI=1S/C18H20N2O2S/c1-23-16-8-4-14(5-9-16)18(21)20-15-6-2-13(3-7-15)17-12-19-10-11-22-17/h2-9,17,19H,10-12H2,1H3,(H,20,21). The number of morpholine rings is 1. The highest BCUT2D eigenvalue weighted by molar-refractivity contribution is 7.98. The van der Waals surface area contributed by atoms with E-state index >= 15 is 0 Å². The van der Waals surface area contributed by atoms with Gasteiger partial charge in [-0.3, -0.25) is 4.79 Å². The summed E-state index contributed by atoms with van der Waals surface area (Å²) >= 11 is 1.66. The van der Waals surface area contributed by atoms with Gasteiger partial charge < -0.3 is 15.4 Å². The number of carbonyl (C=O) groups is 1. The average molecular weight is 328 g/mol. The Morgan fingerprint density at radius 2 is 1.91 bits per heavy atom. The van der Waals surface area contributed by atoms with Crippen molar-refractivity contribution in [1.29, 1.82) is 0 Å². The molecule has 1 unspecified atom stereocenters. The molecular formula is C18H20N2O2S. The maximum Gasteiger partial charge on any atom is 0.255 e. The van der Waals surface area contributed by atoms with Crippen molar-refractivity contribution in [2.75, 3.05) is 31.3 Å². The second kappa shape index (κ2) is 7.64. The van der Waals surface area contributed by atoms with Gasteiger partial charge in [0.05, 0.1) is 12.7 Å². The van der Waals surface area contributed by atoms with E-state index in [-0.39, 0.29) is 12.0 Å². The molecule has 0 saturated carbocycles. The Morgan fingerprint density at radius 3 is 2.52 bits per heavy atom. The largest absolute Gasteiger partial charge is 0.371 e. The number of amides is 1. The first-order valence-electron chi connectivity index (χ1n) is 7.64. The lowest BCUT2D eigenvalue weighted by molar-refractivity contribution is 0.0277. The van der Waals surface area contributed by atoms with Crippen LogP contribution in [0.4, 0.5) is 5.69 Å². The second-order valence-corrected chi connectivity index (χ2v) is 6.25. The van der Waals surface area contributed by atoms with Gasteiger partial charge >= 0.3 is 0 Å². The third-order valence-electron chi connectivity index (χ3n) is 3.82. The van der Waals surface area contributed by atoms with Crippen molar-refractivity contribution in [1.82, 2.24) is 5.32 Å². The van der Waals surface area contributed by atoms with E-state index in [1.807, 2.05) is 54.8 Å². The molecule has 5 heteroatoms. The molecule has 1 saturated heterocycles. The zero-order valence-corrected chi connectivity index (χ0v) is 13.9. The van der Waals surface area contributed by atoms with Crippen LogP contribution in [0.1, 0.15) is 22.0 Å². The van der Waals surface area contributed by atoms with E-state index in [4.69, 9.17) is 4.74 Å². The normalized spacial score (nSPS) is 17.7. The fourth-order valence-electron chi connectivity index (χ4n) is 2.51. The van der Waals surface area contributed by atoms with Crippen LogP contribution in [-0.2, 0) is 4.74 Å². The average Bonchev–Trinajstić information content (AvgIpc) is 2.63.